The number of amides is 3. The molecule has 2 heterocycles. The lowest BCUT2D eigenvalue weighted by Gasteiger charge is -2.31. The van der Waals surface area contributed by atoms with Crippen LogP contribution in [0.3, 0.4) is 0 Å². The number of thiocarbonyl (C=S) groups is 2. The molecule has 2 aliphatic rings. The standard InChI is InChI=1S/C44H76N2O10S6Si/c1-13-15-27-59-41(57)61-34-32(29-45(37(34)48)21-25-52-30(3)4)43(7,8)39(50)53-23-19-17-18-20-24-54-40(51)44(9,10)33-35(62-42(58)60-28-16-14-2)38(49)46(36(33)47)22-26-55-63(11,12)56-31(5)6/h30-35H,13-29H2,1-12H3. The highest BCUT2D eigenvalue weighted by molar-refractivity contribution is 8.48. The van der Waals surface area contributed by atoms with Crippen molar-refractivity contribution in [2.75, 3.05) is 57.6 Å². The minimum Gasteiger partial charge on any atom is -0.465 e. The predicted octanol–water partition coefficient (Wildman–Crippen LogP) is 9.54. The Morgan fingerprint density at radius 1 is 0.698 bits per heavy atom. The van der Waals surface area contributed by atoms with Crippen LogP contribution in [0.25, 0.3) is 0 Å². The predicted molar refractivity (Wildman–Crippen MR) is 272 cm³/mol. The Balaban J connectivity index is 1.96. The molecule has 0 aromatic rings. The molecular formula is C44H76N2O10S6Si. The Morgan fingerprint density at radius 2 is 1.22 bits per heavy atom. The van der Waals surface area contributed by atoms with Crippen LogP contribution in [-0.2, 0) is 47.0 Å². The molecule has 4 unspecified atom stereocenters. The largest absolute Gasteiger partial charge is 0.465 e. The molecule has 2 fully saturated rings. The molecular weight excluding hydrogens is 937 g/mol. The lowest BCUT2D eigenvalue weighted by Crippen LogP contribution is -2.44. The maximum Gasteiger partial charge on any atom is 0.331 e. The highest BCUT2D eigenvalue weighted by atomic mass is 32.2. The summed E-state index contributed by atoms with van der Waals surface area (Å²) in [6.07, 6.45) is 6.79. The SMILES string of the molecule is CCCCSC(=S)SC1C(=O)N(CCOC(C)C)CC1C(C)(C)C(=O)OCCCCCCOC(=O)C(C)(C)C1C(=O)N(CCO[Si](C)(C)OC(C)C)C(=O)C1SC(=S)SCCCC. The van der Waals surface area contributed by atoms with Crippen molar-refractivity contribution in [1.29, 1.82) is 0 Å². The molecule has 0 radical (unpaired) electrons. The quantitative estimate of drug-likeness (QED) is 0.0231. The number of ether oxygens (including phenoxy) is 3. The van der Waals surface area contributed by atoms with Gasteiger partial charge in [-0.05, 0) is 119 Å². The Labute approximate surface area is 407 Å². The first-order valence-electron chi connectivity index (χ1n) is 22.6. The van der Waals surface area contributed by atoms with Crippen molar-refractivity contribution in [3.8, 4) is 0 Å². The molecule has 0 aromatic carbocycles. The van der Waals surface area contributed by atoms with Gasteiger partial charge in [0.1, 0.15) is 12.3 Å². The number of hydrogen-bond acceptors (Lipinski definition) is 16. The van der Waals surface area contributed by atoms with Crippen molar-refractivity contribution in [2.45, 2.75) is 156 Å². The topological polar surface area (TPSA) is 138 Å². The molecule has 63 heavy (non-hydrogen) atoms. The van der Waals surface area contributed by atoms with E-state index < -0.39 is 47.7 Å². The van der Waals surface area contributed by atoms with Gasteiger partial charge in [0.05, 0.1) is 61.1 Å². The molecule has 0 bridgehead atoms. The molecule has 2 rings (SSSR count). The van der Waals surface area contributed by atoms with Gasteiger partial charge in [-0.1, -0.05) is 74.6 Å². The second kappa shape index (κ2) is 28.5. The molecule has 2 saturated heterocycles. The summed E-state index contributed by atoms with van der Waals surface area (Å²) in [7, 11) is -2.48. The molecule has 2 aliphatic heterocycles. The number of imide groups is 1. The molecule has 12 nitrogen and oxygen atoms in total. The van der Waals surface area contributed by atoms with Crippen molar-refractivity contribution < 1.29 is 47.0 Å². The van der Waals surface area contributed by atoms with E-state index in [1.807, 2.05) is 54.6 Å². The number of likely N-dealkylation sites (tertiary alicyclic amines) is 2. The Kier molecular flexibility index (Phi) is 26.4. The van der Waals surface area contributed by atoms with Gasteiger partial charge in [0.2, 0.25) is 17.7 Å². The summed E-state index contributed by atoms with van der Waals surface area (Å²) in [5.74, 6) is -1.28. The molecule has 0 spiro atoms. The summed E-state index contributed by atoms with van der Waals surface area (Å²) in [4.78, 5) is 71.8. The lowest BCUT2D eigenvalue weighted by atomic mass is 9.77. The smallest absolute Gasteiger partial charge is 0.331 e. The molecule has 0 N–H and O–H groups in total. The fraction of sp³-hybridized carbons (Fsp3) is 0.841. The second-order valence-electron chi connectivity index (χ2n) is 18.1. The Hall–Kier alpha value is -0.773. The number of unbranched alkanes of at least 4 members (excludes halogenated alkanes) is 5. The summed E-state index contributed by atoms with van der Waals surface area (Å²) < 4.78 is 30.6. The van der Waals surface area contributed by atoms with Crippen LogP contribution in [0.15, 0.2) is 0 Å². The fourth-order valence-corrected chi connectivity index (χ4v) is 15.1. The van der Waals surface area contributed by atoms with Gasteiger partial charge in [-0.2, -0.15) is 0 Å². The van der Waals surface area contributed by atoms with Crippen LogP contribution in [-0.4, -0.2) is 135 Å². The van der Waals surface area contributed by atoms with E-state index in [0.717, 1.165) is 53.6 Å². The summed E-state index contributed by atoms with van der Waals surface area (Å²) in [6.45, 7) is 24.8. The van der Waals surface area contributed by atoms with Gasteiger partial charge in [-0.3, -0.25) is 28.9 Å². The van der Waals surface area contributed by atoms with Crippen LogP contribution in [0.5, 0.6) is 0 Å². The van der Waals surface area contributed by atoms with E-state index >= 15 is 0 Å². The number of hydrogen-bond donors (Lipinski definition) is 0. The first-order chi connectivity index (χ1) is 29.5. The number of rotatable bonds is 29. The van der Waals surface area contributed by atoms with Crippen molar-refractivity contribution in [3.63, 3.8) is 0 Å². The molecule has 19 heteroatoms. The van der Waals surface area contributed by atoms with E-state index in [1.165, 1.54) is 40.2 Å². The van der Waals surface area contributed by atoms with Crippen molar-refractivity contribution >= 4 is 117 Å². The van der Waals surface area contributed by atoms with Gasteiger partial charge in [-0.25, -0.2) is 0 Å². The van der Waals surface area contributed by atoms with Gasteiger partial charge < -0.3 is 28.0 Å². The van der Waals surface area contributed by atoms with Crippen LogP contribution < -0.4 is 0 Å². The maximum atomic E-state index is 14.0. The molecule has 0 aliphatic carbocycles. The number of nitrogens with zero attached hydrogens (tertiary/aromatic N) is 2. The van der Waals surface area contributed by atoms with Crippen molar-refractivity contribution in [1.82, 2.24) is 9.80 Å². The zero-order valence-corrected chi connectivity index (χ0v) is 45.8. The third kappa shape index (κ3) is 19.0. The molecule has 362 valence electrons. The highest BCUT2D eigenvalue weighted by Crippen LogP contribution is 2.45. The van der Waals surface area contributed by atoms with Crippen molar-refractivity contribution in [3.05, 3.63) is 0 Å². The van der Waals surface area contributed by atoms with E-state index in [0.29, 0.717) is 36.1 Å². The van der Waals surface area contributed by atoms with Crippen LogP contribution in [0.4, 0.5) is 0 Å². The number of carbonyl (C=O) groups excluding carboxylic acids is 5. The fourth-order valence-electron chi connectivity index (χ4n) is 7.24. The second-order valence-corrected chi connectivity index (χ2v) is 28.3. The number of carbonyl (C=O) groups is 5. The maximum absolute atomic E-state index is 14.0. The minimum absolute atomic E-state index is 0.0143. The summed E-state index contributed by atoms with van der Waals surface area (Å²) >= 11 is 17.0. The average molecular weight is 1010 g/mol. The molecule has 0 aromatic heterocycles. The summed E-state index contributed by atoms with van der Waals surface area (Å²) in [5, 5.41) is -1.34. The summed E-state index contributed by atoms with van der Waals surface area (Å²) in [5.41, 5.74) is -2.24. The third-order valence-corrected chi connectivity index (χ3v) is 18.8. The van der Waals surface area contributed by atoms with E-state index in [9.17, 15) is 24.0 Å². The van der Waals surface area contributed by atoms with Crippen LogP contribution in [0.2, 0.25) is 13.1 Å². The van der Waals surface area contributed by atoms with E-state index in [1.54, 1.807) is 30.5 Å². The third-order valence-electron chi connectivity index (χ3n) is 10.9. The van der Waals surface area contributed by atoms with Crippen LogP contribution >= 0.6 is 71.5 Å². The lowest BCUT2D eigenvalue weighted by molar-refractivity contribution is -0.160. The Morgan fingerprint density at radius 3 is 1.73 bits per heavy atom. The van der Waals surface area contributed by atoms with E-state index in [-0.39, 0.29) is 62.3 Å². The highest BCUT2D eigenvalue weighted by Gasteiger charge is 2.58. The van der Waals surface area contributed by atoms with Gasteiger partial charge in [0.15, 0.2) is 0 Å². The number of thioether (sulfide) groups is 4. The van der Waals surface area contributed by atoms with Crippen molar-refractivity contribution in [2.24, 2.45) is 22.7 Å². The first kappa shape index (κ1) is 58.4. The molecule has 4 atom stereocenters. The van der Waals surface area contributed by atoms with Crippen LogP contribution in [0, 0.1) is 22.7 Å². The summed E-state index contributed by atoms with van der Waals surface area (Å²) in [6, 6.07) is 0. The normalized spacial score (nSPS) is 19.8. The van der Waals surface area contributed by atoms with E-state index in [2.05, 4.69) is 13.8 Å². The monoisotopic (exact) mass is 1010 g/mol. The Bertz CT molecular complexity index is 1530. The van der Waals surface area contributed by atoms with Crippen LogP contribution in [0.1, 0.15) is 121 Å². The zero-order valence-electron chi connectivity index (χ0n) is 39.9. The average Bonchev–Trinajstić information content (AvgIpc) is 3.62. The molecule has 0 saturated carbocycles. The van der Waals surface area contributed by atoms with Gasteiger partial charge in [0, 0.05) is 25.1 Å². The van der Waals surface area contributed by atoms with Gasteiger partial charge >= 0.3 is 20.5 Å². The first-order valence-corrected chi connectivity index (χ1v) is 30.0. The minimum atomic E-state index is -2.48. The number of esters is 2. The van der Waals surface area contributed by atoms with Gasteiger partial charge in [-0.15, -0.1) is 23.5 Å². The molecule has 3 amide bonds. The zero-order chi connectivity index (χ0) is 47.5. The van der Waals surface area contributed by atoms with Gasteiger partial charge in [0.25, 0.3) is 0 Å². The van der Waals surface area contributed by atoms with E-state index in [4.69, 9.17) is 47.5 Å².